The maximum atomic E-state index is 13.6. The Bertz CT molecular complexity index is 1450. The fourth-order valence-corrected chi connectivity index (χ4v) is 4.24. The van der Waals surface area contributed by atoms with Crippen LogP contribution in [0.25, 0.3) is 16.6 Å². The monoisotopic (exact) mass is 479 g/mol. The van der Waals surface area contributed by atoms with Crippen LogP contribution in [0.3, 0.4) is 0 Å². The highest BCUT2D eigenvalue weighted by molar-refractivity contribution is 6.36. The second-order valence-corrected chi connectivity index (χ2v) is 8.96. The number of hydrogen-bond donors (Lipinski definition) is 0. The lowest BCUT2D eigenvalue weighted by molar-refractivity contribution is 0.0735. The SMILES string of the molecule is Cc1ccc(-n2c(C(C)N(C)C(=O)c3ccc(Cl)cc3Cl)nc3ccccc3c2=O)cc1C. The molecular weight excluding hydrogens is 457 g/mol. The van der Waals surface area contributed by atoms with Crippen molar-refractivity contribution in [1.82, 2.24) is 14.5 Å². The summed E-state index contributed by atoms with van der Waals surface area (Å²) in [7, 11) is 1.67. The van der Waals surface area contributed by atoms with Gasteiger partial charge in [-0.05, 0) is 74.4 Å². The Hall–Kier alpha value is -3.15. The molecule has 4 rings (SSSR count). The van der Waals surface area contributed by atoms with Gasteiger partial charge in [-0.3, -0.25) is 14.2 Å². The average Bonchev–Trinajstić information content (AvgIpc) is 2.79. The predicted molar refractivity (Wildman–Crippen MR) is 134 cm³/mol. The highest BCUT2D eigenvalue weighted by Gasteiger charge is 2.26. The zero-order valence-electron chi connectivity index (χ0n) is 18.8. The van der Waals surface area contributed by atoms with Gasteiger partial charge in [0.2, 0.25) is 0 Å². The number of carbonyl (C=O) groups excluding carboxylic acids is 1. The third-order valence-corrected chi connectivity index (χ3v) is 6.53. The van der Waals surface area contributed by atoms with Gasteiger partial charge in [0.1, 0.15) is 5.82 Å². The number of aryl methyl sites for hydroxylation is 2. The van der Waals surface area contributed by atoms with E-state index in [-0.39, 0.29) is 16.5 Å². The standard InChI is InChI=1S/C26H23Cl2N3O2/c1-15-9-11-19(13-16(15)2)31-24(29-23-8-6-5-7-21(23)26(31)33)17(3)30(4)25(32)20-12-10-18(27)14-22(20)28/h5-14,17H,1-4H3. The summed E-state index contributed by atoms with van der Waals surface area (Å²) in [5, 5.41) is 1.23. The van der Waals surface area contributed by atoms with Crippen LogP contribution in [-0.2, 0) is 0 Å². The summed E-state index contributed by atoms with van der Waals surface area (Å²) < 4.78 is 1.59. The molecule has 0 aliphatic carbocycles. The minimum atomic E-state index is -0.525. The van der Waals surface area contributed by atoms with E-state index < -0.39 is 6.04 Å². The summed E-state index contributed by atoms with van der Waals surface area (Å²) in [5.74, 6) is 0.168. The summed E-state index contributed by atoms with van der Waals surface area (Å²) in [4.78, 5) is 33.2. The van der Waals surface area contributed by atoms with E-state index in [0.29, 0.717) is 33.0 Å². The van der Waals surface area contributed by atoms with Gasteiger partial charge < -0.3 is 4.90 Å². The van der Waals surface area contributed by atoms with Gasteiger partial charge in [-0.15, -0.1) is 0 Å². The minimum Gasteiger partial charge on any atom is -0.332 e. The molecular formula is C26H23Cl2N3O2. The number of hydrogen-bond acceptors (Lipinski definition) is 3. The molecule has 1 atom stereocenters. The molecule has 0 aliphatic rings. The Morgan fingerprint density at radius 2 is 1.73 bits per heavy atom. The zero-order valence-corrected chi connectivity index (χ0v) is 20.3. The van der Waals surface area contributed by atoms with E-state index in [1.54, 1.807) is 35.9 Å². The third kappa shape index (κ3) is 4.26. The Balaban J connectivity index is 1.89. The van der Waals surface area contributed by atoms with Crippen LogP contribution in [0.15, 0.2) is 65.5 Å². The molecule has 1 aromatic heterocycles. The van der Waals surface area contributed by atoms with Crippen LogP contribution in [0.2, 0.25) is 10.0 Å². The van der Waals surface area contributed by atoms with Crippen molar-refractivity contribution in [3.63, 3.8) is 0 Å². The van der Waals surface area contributed by atoms with Crippen molar-refractivity contribution >= 4 is 40.0 Å². The lowest BCUT2D eigenvalue weighted by Crippen LogP contribution is -2.35. The summed E-state index contributed by atoms with van der Waals surface area (Å²) in [6.07, 6.45) is 0. The van der Waals surface area contributed by atoms with Crippen LogP contribution in [0, 0.1) is 13.8 Å². The van der Waals surface area contributed by atoms with Crippen LogP contribution in [0.4, 0.5) is 0 Å². The molecule has 0 aliphatic heterocycles. The first-order valence-corrected chi connectivity index (χ1v) is 11.3. The van der Waals surface area contributed by atoms with Crippen molar-refractivity contribution in [3.05, 3.63) is 104 Å². The molecule has 5 nitrogen and oxygen atoms in total. The highest BCUT2D eigenvalue weighted by atomic mass is 35.5. The summed E-state index contributed by atoms with van der Waals surface area (Å²) in [6.45, 7) is 5.86. The maximum absolute atomic E-state index is 13.6. The molecule has 7 heteroatoms. The Morgan fingerprint density at radius 1 is 1.00 bits per heavy atom. The largest absolute Gasteiger partial charge is 0.332 e. The van der Waals surface area contributed by atoms with Gasteiger partial charge >= 0.3 is 0 Å². The van der Waals surface area contributed by atoms with Gasteiger partial charge in [0.15, 0.2) is 0 Å². The van der Waals surface area contributed by atoms with Crippen LogP contribution in [-0.4, -0.2) is 27.4 Å². The van der Waals surface area contributed by atoms with Crippen LogP contribution >= 0.6 is 23.2 Å². The summed E-state index contributed by atoms with van der Waals surface area (Å²) >= 11 is 12.3. The molecule has 1 heterocycles. The van der Waals surface area contributed by atoms with Crippen LogP contribution in [0.1, 0.15) is 40.3 Å². The Labute approximate surface area is 202 Å². The fraction of sp³-hybridized carbons (Fsp3) is 0.192. The first-order valence-electron chi connectivity index (χ1n) is 10.5. The van der Waals surface area contributed by atoms with E-state index in [1.807, 2.05) is 51.1 Å². The summed E-state index contributed by atoms with van der Waals surface area (Å²) in [6, 6.07) is 17.3. The number of rotatable bonds is 4. The number of halogens is 2. The first kappa shape index (κ1) is 23.0. The third-order valence-electron chi connectivity index (χ3n) is 5.99. The molecule has 0 fully saturated rings. The lowest BCUT2D eigenvalue weighted by atomic mass is 10.1. The number of benzene rings is 3. The second kappa shape index (κ2) is 9.00. The van der Waals surface area contributed by atoms with E-state index in [9.17, 15) is 9.59 Å². The fourth-order valence-electron chi connectivity index (χ4n) is 3.75. The number of aromatic nitrogens is 2. The molecule has 4 aromatic rings. The molecule has 33 heavy (non-hydrogen) atoms. The van der Waals surface area contributed by atoms with Crippen molar-refractivity contribution in [1.29, 1.82) is 0 Å². The Kier molecular flexibility index (Phi) is 6.28. The minimum absolute atomic E-state index is 0.184. The van der Waals surface area contributed by atoms with Crippen molar-refractivity contribution in [2.45, 2.75) is 26.8 Å². The van der Waals surface area contributed by atoms with Crippen molar-refractivity contribution in [3.8, 4) is 5.69 Å². The molecule has 0 radical (unpaired) electrons. The number of carbonyl (C=O) groups is 1. The number of amides is 1. The summed E-state index contributed by atoms with van der Waals surface area (Å²) in [5.41, 5.74) is 3.61. The second-order valence-electron chi connectivity index (χ2n) is 8.11. The van der Waals surface area contributed by atoms with Crippen LogP contribution in [0.5, 0.6) is 0 Å². The Morgan fingerprint density at radius 3 is 2.42 bits per heavy atom. The molecule has 0 spiro atoms. The van der Waals surface area contributed by atoms with Gasteiger partial charge in [0.05, 0.1) is 33.2 Å². The number of fused-ring (bicyclic) bond motifs is 1. The topological polar surface area (TPSA) is 55.2 Å². The smallest absolute Gasteiger partial charge is 0.266 e. The van der Waals surface area contributed by atoms with E-state index in [2.05, 4.69) is 0 Å². The van der Waals surface area contributed by atoms with Gasteiger partial charge in [-0.25, -0.2) is 4.98 Å². The van der Waals surface area contributed by atoms with E-state index in [1.165, 1.54) is 11.0 Å². The molecule has 1 unspecified atom stereocenters. The predicted octanol–water partition coefficient (Wildman–Crippen LogP) is 6.14. The van der Waals surface area contributed by atoms with Crippen molar-refractivity contribution in [2.24, 2.45) is 0 Å². The lowest BCUT2D eigenvalue weighted by Gasteiger charge is -2.27. The first-order chi connectivity index (χ1) is 15.7. The van der Waals surface area contributed by atoms with Crippen molar-refractivity contribution < 1.29 is 4.79 Å². The quantitative estimate of drug-likeness (QED) is 0.353. The molecule has 0 N–H and O–H groups in total. The normalized spacial score (nSPS) is 12.1. The number of nitrogens with zero attached hydrogens (tertiary/aromatic N) is 3. The van der Waals surface area contributed by atoms with Gasteiger partial charge in [0.25, 0.3) is 11.5 Å². The van der Waals surface area contributed by atoms with E-state index in [0.717, 1.165) is 11.1 Å². The van der Waals surface area contributed by atoms with E-state index in [4.69, 9.17) is 28.2 Å². The molecule has 168 valence electrons. The molecule has 0 saturated heterocycles. The van der Waals surface area contributed by atoms with Gasteiger partial charge in [0, 0.05) is 12.1 Å². The maximum Gasteiger partial charge on any atom is 0.266 e. The van der Waals surface area contributed by atoms with Crippen LogP contribution < -0.4 is 5.56 Å². The molecule has 3 aromatic carbocycles. The highest BCUT2D eigenvalue weighted by Crippen LogP contribution is 2.27. The van der Waals surface area contributed by atoms with E-state index >= 15 is 0 Å². The molecule has 1 amide bonds. The zero-order chi connectivity index (χ0) is 23.9. The number of para-hydroxylation sites is 1. The van der Waals surface area contributed by atoms with Gasteiger partial charge in [-0.2, -0.15) is 0 Å². The molecule has 0 saturated carbocycles. The molecule has 0 bridgehead atoms. The average molecular weight is 480 g/mol. The van der Waals surface area contributed by atoms with Gasteiger partial charge in [-0.1, -0.05) is 41.4 Å². The van der Waals surface area contributed by atoms with Crippen molar-refractivity contribution in [2.75, 3.05) is 7.05 Å².